The van der Waals surface area contributed by atoms with E-state index in [9.17, 15) is 8.42 Å². The van der Waals surface area contributed by atoms with Crippen molar-refractivity contribution in [3.63, 3.8) is 0 Å². The molecule has 1 fully saturated rings. The van der Waals surface area contributed by atoms with E-state index in [0.717, 1.165) is 17.7 Å². The molecule has 4 nitrogen and oxygen atoms in total. The van der Waals surface area contributed by atoms with E-state index in [-0.39, 0.29) is 11.5 Å². The third-order valence-corrected chi connectivity index (χ3v) is 6.83. The summed E-state index contributed by atoms with van der Waals surface area (Å²) in [5.74, 6) is 0.418. The Balaban J connectivity index is 2.17. The maximum atomic E-state index is 12.3. The summed E-state index contributed by atoms with van der Waals surface area (Å²) >= 11 is 1.34. The Morgan fingerprint density at radius 3 is 2.47 bits per heavy atom. The second-order valence-corrected chi connectivity index (χ2v) is 9.19. The summed E-state index contributed by atoms with van der Waals surface area (Å²) in [6.07, 6.45) is 2.14. The van der Waals surface area contributed by atoms with Gasteiger partial charge in [0.2, 0.25) is 10.0 Å². The number of nitrogens with one attached hydrogen (secondary N) is 1. The maximum Gasteiger partial charge on any atom is 0.250 e. The van der Waals surface area contributed by atoms with E-state index < -0.39 is 10.0 Å². The van der Waals surface area contributed by atoms with Crippen LogP contribution in [0.1, 0.15) is 38.5 Å². The number of hydrogen-bond acceptors (Lipinski definition) is 4. The van der Waals surface area contributed by atoms with Crippen molar-refractivity contribution in [1.82, 2.24) is 4.72 Å². The summed E-state index contributed by atoms with van der Waals surface area (Å²) < 4.78 is 27.8. The molecule has 0 saturated heterocycles. The lowest BCUT2D eigenvalue weighted by molar-refractivity contribution is 0.520. The quantitative estimate of drug-likeness (QED) is 0.874. The van der Waals surface area contributed by atoms with E-state index in [4.69, 9.17) is 5.73 Å². The van der Waals surface area contributed by atoms with Gasteiger partial charge in [-0.25, -0.2) is 13.1 Å². The number of hydrogen-bond donors (Lipinski definition) is 2. The van der Waals surface area contributed by atoms with Crippen molar-refractivity contribution >= 4 is 21.4 Å². The number of sulfonamides is 1. The van der Waals surface area contributed by atoms with Gasteiger partial charge in [-0.1, -0.05) is 20.8 Å². The minimum Gasteiger partial charge on any atom is -0.329 e. The van der Waals surface area contributed by atoms with Crippen LogP contribution in [0, 0.1) is 5.92 Å². The Bertz CT molecular complexity index is 539. The zero-order chi connectivity index (χ0) is 14.3. The Labute approximate surface area is 119 Å². The van der Waals surface area contributed by atoms with Crippen molar-refractivity contribution in [2.75, 3.05) is 6.54 Å². The van der Waals surface area contributed by atoms with Crippen LogP contribution >= 0.6 is 11.3 Å². The normalized spacial score (nSPS) is 18.5. The van der Waals surface area contributed by atoms with Crippen LogP contribution < -0.4 is 10.5 Å². The molecule has 108 valence electrons. The van der Waals surface area contributed by atoms with Crippen LogP contribution in [-0.4, -0.2) is 21.0 Å². The smallest absolute Gasteiger partial charge is 0.250 e. The lowest BCUT2D eigenvalue weighted by Gasteiger charge is -2.16. The summed E-state index contributed by atoms with van der Waals surface area (Å²) in [5.41, 5.74) is 5.62. The van der Waals surface area contributed by atoms with E-state index >= 15 is 0 Å². The van der Waals surface area contributed by atoms with E-state index in [1.54, 1.807) is 6.07 Å². The topological polar surface area (TPSA) is 72.2 Å². The van der Waals surface area contributed by atoms with Crippen molar-refractivity contribution in [3.05, 3.63) is 17.0 Å². The lowest BCUT2D eigenvalue weighted by Crippen LogP contribution is -2.41. The molecule has 19 heavy (non-hydrogen) atoms. The predicted molar refractivity (Wildman–Crippen MR) is 78.9 cm³/mol. The largest absolute Gasteiger partial charge is 0.329 e. The van der Waals surface area contributed by atoms with Gasteiger partial charge in [0.25, 0.3) is 0 Å². The van der Waals surface area contributed by atoms with E-state index in [2.05, 4.69) is 25.5 Å². The molecule has 1 aliphatic carbocycles. The Hall–Kier alpha value is -0.430. The van der Waals surface area contributed by atoms with E-state index in [1.165, 1.54) is 11.3 Å². The van der Waals surface area contributed by atoms with Crippen LogP contribution in [0.2, 0.25) is 0 Å². The van der Waals surface area contributed by atoms with Crippen LogP contribution in [0.25, 0.3) is 0 Å². The van der Waals surface area contributed by atoms with Gasteiger partial charge in [0, 0.05) is 17.5 Å². The summed E-state index contributed by atoms with van der Waals surface area (Å²) in [4.78, 5) is 1.07. The summed E-state index contributed by atoms with van der Waals surface area (Å²) in [6, 6.07) is 3.46. The number of rotatable bonds is 5. The van der Waals surface area contributed by atoms with Gasteiger partial charge in [-0.2, -0.15) is 0 Å². The van der Waals surface area contributed by atoms with Gasteiger partial charge in [-0.05, 0) is 36.3 Å². The highest BCUT2D eigenvalue weighted by molar-refractivity contribution is 7.91. The molecule has 0 bridgehead atoms. The number of thiophene rings is 1. The zero-order valence-corrected chi connectivity index (χ0v) is 13.3. The van der Waals surface area contributed by atoms with Crippen molar-refractivity contribution in [2.24, 2.45) is 11.7 Å². The van der Waals surface area contributed by atoms with Crippen LogP contribution in [0.3, 0.4) is 0 Å². The molecule has 0 radical (unpaired) electrons. The monoisotopic (exact) mass is 302 g/mol. The number of nitrogens with two attached hydrogens (primary N) is 1. The van der Waals surface area contributed by atoms with Gasteiger partial charge in [0.15, 0.2) is 0 Å². The zero-order valence-electron chi connectivity index (χ0n) is 11.6. The first-order chi connectivity index (χ1) is 8.74. The average Bonchev–Trinajstić information content (AvgIpc) is 2.99. The molecule has 0 amide bonds. The molecule has 1 unspecified atom stereocenters. The molecule has 3 N–H and O–H groups in total. The summed E-state index contributed by atoms with van der Waals surface area (Å²) in [6.45, 7) is 6.60. The predicted octanol–water partition coefficient (Wildman–Crippen LogP) is 2.06. The van der Waals surface area contributed by atoms with Crippen molar-refractivity contribution in [1.29, 1.82) is 0 Å². The molecule has 1 heterocycles. The first-order valence-electron chi connectivity index (χ1n) is 6.57. The highest BCUT2D eigenvalue weighted by atomic mass is 32.2. The molecule has 1 atom stereocenters. The van der Waals surface area contributed by atoms with Gasteiger partial charge < -0.3 is 5.73 Å². The van der Waals surface area contributed by atoms with Gasteiger partial charge in [-0.3, -0.25) is 0 Å². The fraction of sp³-hybridized carbons (Fsp3) is 0.692. The Kier molecular flexibility index (Phi) is 4.07. The van der Waals surface area contributed by atoms with Gasteiger partial charge in [0.1, 0.15) is 4.21 Å². The van der Waals surface area contributed by atoms with Crippen LogP contribution in [0.15, 0.2) is 16.3 Å². The van der Waals surface area contributed by atoms with Crippen molar-refractivity contribution in [3.8, 4) is 0 Å². The summed E-state index contributed by atoms with van der Waals surface area (Å²) in [7, 11) is -3.43. The standard InChI is InChI=1S/C13H22N2O2S2/c1-13(2,3)11-6-7-12(18-11)19(16,17)15-10(8-14)9-4-5-9/h6-7,9-10,15H,4-5,8,14H2,1-3H3. The van der Waals surface area contributed by atoms with E-state index in [0.29, 0.717) is 16.7 Å². The Morgan fingerprint density at radius 1 is 1.42 bits per heavy atom. The molecule has 0 spiro atoms. The lowest BCUT2D eigenvalue weighted by atomic mass is 9.95. The molecule has 1 saturated carbocycles. The van der Waals surface area contributed by atoms with Crippen LogP contribution in [0.5, 0.6) is 0 Å². The second-order valence-electron chi connectivity index (χ2n) is 6.17. The molecule has 1 aromatic heterocycles. The molecule has 0 aliphatic heterocycles. The van der Waals surface area contributed by atoms with Crippen LogP contribution in [0.4, 0.5) is 0 Å². The fourth-order valence-corrected chi connectivity index (χ4v) is 4.66. The molecular weight excluding hydrogens is 280 g/mol. The van der Waals surface area contributed by atoms with Crippen molar-refractivity contribution in [2.45, 2.75) is 49.3 Å². The average molecular weight is 302 g/mol. The molecule has 2 rings (SSSR count). The molecule has 6 heteroatoms. The van der Waals surface area contributed by atoms with Gasteiger partial charge in [-0.15, -0.1) is 11.3 Å². The van der Waals surface area contributed by atoms with Crippen LogP contribution in [-0.2, 0) is 15.4 Å². The first-order valence-corrected chi connectivity index (χ1v) is 8.87. The maximum absolute atomic E-state index is 12.3. The first kappa shape index (κ1) is 15.0. The van der Waals surface area contributed by atoms with Gasteiger partial charge in [0.05, 0.1) is 0 Å². The minimum absolute atomic E-state index is 0.0256. The highest BCUT2D eigenvalue weighted by Gasteiger charge is 2.34. The second kappa shape index (κ2) is 5.16. The SMILES string of the molecule is CC(C)(C)c1ccc(S(=O)(=O)NC(CN)C2CC2)s1. The third-order valence-electron chi connectivity index (χ3n) is 3.34. The fourth-order valence-electron chi connectivity index (χ4n) is 1.96. The van der Waals surface area contributed by atoms with Gasteiger partial charge >= 0.3 is 0 Å². The molecule has 1 aromatic rings. The molecule has 1 aliphatic rings. The third kappa shape index (κ3) is 3.56. The van der Waals surface area contributed by atoms with E-state index in [1.807, 2.05) is 6.07 Å². The summed E-state index contributed by atoms with van der Waals surface area (Å²) in [5, 5.41) is 0. The van der Waals surface area contributed by atoms with Crippen molar-refractivity contribution < 1.29 is 8.42 Å². The Morgan fingerprint density at radius 2 is 2.05 bits per heavy atom. The molecular formula is C13H22N2O2S2. The molecule has 0 aromatic carbocycles. The minimum atomic E-state index is -3.43. The highest BCUT2D eigenvalue weighted by Crippen LogP contribution is 2.34.